The van der Waals surface area contributed by atoms with E-state index in [-0.39, 0.29) is 5.69 Å². The highest BCUT2D eigenvalue weighted by atomic mass is 19.4. The van der Waals surface area contributed by atoms with Crippen LogP contribution in [0.15, 0.2) is 12.4 Å². The molecule has 0 fully saturated rings. The number of nitrogens with zero attached hydrogens (tertiary/aromatic N) is 2. The van der Waals surface area contributed by atoms with Crippen molar-refractivity contribution in [3.63, 3.8) is 0 Å². The number of alkyl halides is 3. The summed E-state index contributed by atoms with van der Waals surface area (Å²) in [5.41, 5.74) is 0.0528. The van der Waals surface area contributed by atoms with E-state index in [1.54, 1.807) is 0 Å². The molecule has 0 amide bonds. The minimum atomic E-state index is -4.83. The summed E-state index contributed by atoms with van der Waals surface area (Å²) in [6.45, 7) is 0. The summed E-state index contributed by atoms with van der Waals surface area (Å²) in [4.78, 5) is 16.9. The zero-order chi connectivity index (χ0) is 11.5. The van der Waals surface area contributed by atoms with Crippen LogP contribution in [0.5, 0.6) is 5.88 Å². The summed E-state index contributed by atoms with van der Waals surface area (Å²) in [5.74, 6) is -1.87. The van der Waals surface area contributed by atoms with E-state index in [0.717, 1.165) is 6.20 Å². The average Bonchev–Trinajstić information content (AvgIpc) is 2.05. The van der Waals surface area contributed by atoms with E-state index in [2.05, 4.69) is 14.7 Å². The molecule has 0 aliphatic heterocycles. The summed E-state index contributed by atoms with van der Waals surface area (Å²) < 4.78 is 38.4. The van der Waals surface area contributed by atoms with Gasteiger partial charge in [0, 0.05) is 0 Å². The number of rotatable bonds is 3. The van der Waals surface area contributed by atoms with Crippen molar-refractivity contribution in [3.8, 4) is 5.88 Å². The molecule has 0 aromatic carbocycles. The van der Waals surface area contributed by atoms with E-state index < -0.39 is 24.6 Å². The van der Waals surface area contributed by atoms with E-state index in [0.29, 0.717) is 6.20 Å². The number of carboxylic acid groups (broad SMARTS) is 1. The molecule has 1 heterocycles. The van der Waals surface area contributed by atoms with Gasteiger partial charge in [-0.15, -0.1) is 13.2 Å². The highest BCUT2D eigenvalue weighted by Gasteiger charge is 2.31. The van der Waals surface area contributed by atoms with E-state index in [4.69, 9.17) is 5.11 Å². The second kappa shape index (κ2) is 4.11. The van der Waals surface area contributed by atoms with Crippen molar-refractivity contribution in [2.75, 3.05) is 0 Å². The van der Waals surface area contributed by atoms with Crippen molar-refractivity contribution in [2.45, 2.75) is 12.8 Å². The summed E-state index contributed by atoms with van der Waals surface area (Å²) in [5, 5.41) is 8.34. The Morgan fingerprint density at radius 2 is 2.07 bits per heavy atom. The first-order valence-corrected chi connectivity index (χ1v) is 3.65. The van der Waals surface area contributed by atoms with Gasteiger partial charge in [0.2, 0.25) is 5.88 Å². The van der Waals surface area contributed by atoms with Crippen molar-refractivity contribution in [1.82, 2.24) is 9.97 Å². The third-order valence-electron chi connectivity index (χ3n) is 1.23. The summed E-state index contributed by atoms with van der Waals surface area (Å²) in [7, 11) is 0. The first kappa shape index (κ1) is 11.2. The van der Waals surface area contributed by atoms with Crippen LogP contribution in [0.1, 0.15) is 5.69 Å². The van der Waals surface area contributed by atoms with Gasteiger partial charge in [-0.25, -0.2) is 4.98 Å². The monoisotopic (exact) mass is 222 g/mol. The van der Waals surface area contributed by atoms with Crippen LogP contribution in [-0.2, 0) is 11.2 Å². The average molecular weight is 222 g/mol. The van der Waals surface area contributed by atoms with Crippen LogP contribution in [0.3, 0.4) is 0 Å². The third kappa shape index (κ3) is 4.25. The van der Waals surface area contributed by atoms with Crippen molar-refractivity contribution in [1.29, 1.82) is 0 Å². The van der Waals surface area contributed by atoms with Crippen LogP contribution < -0.4 is 4.74 Å². The standard InChI is InChI=1S/C7H5F3N2O3/c8-7(9,10)15-5-3-11-4(2-12-5)1-6(13)14/h2-3H,1H2,(H,13,14). The summed E-state index contributed by atoms with van der Waals surface area (Å²) in [6.07, 6.45) is -3.61. The van der Waals surface area contributed by atoms with Crippen LogP contribution in [0.2, 0.25) is 0 Å². The molecule has 5 nitrogen and oxygen atoms in total. The van der Waals surface area contributed by atoms with Gasteiger partial charge >= 0.3 is 12.3 Å². The van der Waals surface area contributed by atoms with Gasteiger partial charge in [0.15, 0.2) is 0 Å². The van der Waals surface area contributed by atoms with Gasteiger partial charge in [0.05, 0.1) is 24.5 Å². The number of hydrogen-bond acceptors (Lipinski definition) is 4. The van der Waals surface area contributed by atoms with Gasteiger partial charge in [-0.1, -0.05) is 0 Å². The largest absolute Gasteiger partial charge is 0.574 e. The fourth-order valence-electron chi connectivity index (χ4n) is 0.760. The van der Waals surface area contributed by atoms with Gasteiger partial charge < -0.3 is 9.84 Å². The molecule has 8 heteroatoms. The number of carboxylic acids is 1. The van der Waals surface area contributed by atoms with E-state index in [1.165, 1.54) is 0 Å². The van der Waals surface area contributed by atoms with Crippen molar-refractivity contribution in [2.24, 2.45) is 0 Å². The number of aliphatic carboxylic acids is 1. The SMILES string of the molecule is O=C(O)Cc1cnc(OC(F)(F)F)cn1. The molecular formula is C7H5F3N2O3. The minimum absolute atomic E-state index is 0.0528. The smallest absolute Gasteiger partial charge is 0.481 e. The molecule has 82 valence electrons. The van der Waals surface area contributed by atoms with Crippen LogP contribution >= 0.6 is 0 Å². The molecule has 0 saturated heterocycles. The van der Waals surface area contributed by atoms with Crippen LogP contribution in [-0.4, -0.2) is 27.4 Å². The Labute approximate surface area is 81.5 Å². The number of carbonyl (C=O) groups is 1. The number of halogens is 3. The maximum atomic E-state index is 11.7. The van der Waals surface area contributed by atoms with Gasteiger partial charge in [0.1, 0.15) is 0 Å². The number of ether oxygens (including phenoxy) is 1. The molecule has 0 bridgehead atoms. The molecule has 0 saturated carbocycles. The Balaban J connectivity index is 2.68. The molecule has 0 aliphatic rings. The Kier molecular flexibility index (Phi) is 3.08. The normalized spacial score (nSPS) is 11.1. The molecular weight excluding hydrogens is 217 g/mol. The molecule has 1 aromatic heterocycles. The Hall–Kier alpha value is -1.86. The molecule has 15 heavy (non-hydrogen) atoms. The molecule has 0 atom stereocenters. The van der Waals surface area contributed by atoms with Gasteiger partial charge in [0.25, 0.3) is 0 Å². The maximum Gasteiger partial charge on any atom is 0.574 e. The second-order valence-corrected chi connectivity index (χ2v) is 2.46. The zero-order valence-electron chi connectivity index (χ0n) is 7.15. The fraction of sp³-hybridized carbons (Fsp3) is 0.286. The summed E-state index contributed by atoms with van der Waals surface area (Å²) >= 11 is 0. The lowest BCUT2D eigenvalue weighted by atomic mass is 10.3. The van der Waals surface area contributed by atoms with E-state index in [9.17, 15) is 18.0 Å². The van der Waals surface area contributed by atoms with E-state index in [1.807, 2.05) is 0 Å². The van der Waals surface area contributed by atoms with Gasteiger partial charge in [-0.2, -0.15) is 0 Å². The lowest BCUT2D eigenvalue weighted by molar-refractivity contribution is -0.276. The van der Waals surface area contributed by atoms with Crippen LogP contribution in [0.25, 0.3) is 0 Å². The van der Waals surface area contributed by atoms with Crippen molar-refractivity contribution in [3.05, 3.63) is 18.1 Å². The molecule has 1 N–H and O–H groups in total. The molecule has 0 aliphatic carbocycles. The first-order valence-electron chi connectivity index (χ1n) is 3.65. The van der Waals surface area contributed by atoms with Crippen molar-refractivity contribution < 1.29 is 27.8 Å². The first-order chi connectivity index (χ1) is 6.87. The predicted molar refractivity (Wildman–Crippen MR) is 40.1 cm³/mol. The predicted octanol–water partition coefficient (Wildman–Crippen LogP) is 1.00. The Morgan fingerprint density at radius 1 is 1.40 bits per heavy atom. The highest BCUT2D eigenvalue weighted by molar-refractivity contribution is 5.69. The second-order valence-electron chi connectivity index (χ2n) is 2.46. The third-order valence-corrected chi connectivity index (χ3v) is 1.23. The zero-order valence-corrected chi connectivity index (χ0v) is 7.15. The van der Waals surface area contributed by atoms with Crippen LogP contribution in [0, 0.1) is 0 Å². The van der Waals surface area contributed by atoms with Gasteiger partial charge in [-0.3, -0.25) is 9.78 Å². The molecule has 0 unspecified atom stereocenters. The maximum absolute atomic E-state index is 11.7. The van der Waals surface area contributed by atoms with E-state index >= 15 is 0 Å². The van der Waals surface area contributed by atoms with Gasteiger partial charge in [-0.05, 0) is 0 Å². The number of hydrogen-bond donors (Lipinski definition) is 1. The number of aromatic nitrogens is 2. The lowest BCUT2D eigenvalue weighted by Gasteiger charge is -2.06. The quantitative estimate of drug-likeness (QED) is 0.825. The lowest BCUT2D eigenvalue weighted by Crippen LogP contribution is -2.18. The topological polar surface area (TPSA) is 72.3 Å². The molecule has 1 rings (SSSR count). The molecule has 1 aromatic rings. The summed E-state index contributed by atoms with van der Waals surface area (Å²) in [6, 6.07) is 0. The molecule has 0 spiro atoms. The Bertz CT molecular complexity index is 349. The van der Waals surface area contributed by atoms with Crippen LogP contribution in [0.4, 0.5) is 13.2 Å². The highest BCUT2D eigenvalue weighted by Crippen LogP contribution is 2.19. The molecule has 0 radical (unpaired) electrons. The fourth-order valence-corrected chi connectivity index (χ4v) is 0.760. The Morgan fingerprint density at radius 3 is 2.47 bits per heavy atom. The van der Waals surface area contributed by atoms with Crippen molar-refractivity contribution >= 4 is 5.97 Å². The minimum Gasteiger partial charge on any atom is -0.481 e.